The number of fused-ring (bicyclic) bond motifs is 1. The zero-order valence-electron chi connectivity index (χ0n) is 10.1. The molecule has 1 aliphatic heterocycles. The van der Waals surface area contributed by atoms with E-state index in [1.165, 1.54) is 17.7 Å². The van der Waals surface area contributed by atoms with Crippen LogP contribution in [-0.4, -0.2) is 9.55 Å². The average Bonchev–Trinajstić information content (AvgIpc) is 2.77. The predicted octanol–water partition coefficient (Wildman–Crippen LogP) is 3.03. The fourth-order valence-corrected chi connectivity index (χ4v) is 2.83. The summed E-state index contributed by atoms with van der Waals surface area (Å²) in [5.41, 5.74) is 8.73. The Morgan fingerprint density at radius 1 is 1.33 bits per heavy atom. The third-order valence-corrected chi connectivity index (χ3v) is 4.02. The Kier molecular flexibility index (Phi) is 3.22. The van der Waals surface area contributed by atoms with Crippen LogP contribution in [0.15, 0.2) is 34.9 Å². The van der Waals surface area contributed by atoms with Gasteiger partial charge in [0.2, 0.25) is 0 Å². The van der Waals surface area contributed by atoms with Crippen LogP contribution in [0.4, 0.5) is 0 Å². The van der Waals surface area contributed by atoms with E-state index in [-0.39, 0.29) is 6.17 Å². The Bertz CT molecular complexity index is 545. The summed E-state index contributed by atoms with van der Waals surface area (Å²) in [4.78, 5) is 4.54. The first-order valence-electron chi connectivity index (χ1n) is 6.29. The van der Waals surface area contributed by atoms with Crippen LogP contribution < -0.4 is 5.73 Å². The molecule has 4 heteroatoms. The van der Waals surface area contributed by atoms with Crippen LogP contribution in [0.25, 0.3) is 0 Å². The second kappa shape index (κ2) is 4.86. The van der Waals surface area contributed by atoms with Crippen LogP contribution in [0.1, 0.15) is 36.1 Å². The summed E-state index contributed by atoms with van der Waals surface area (Å²) in [5, 5.41) is 0. The van der Waals surface area contributed by atoms with Gasteiger partial charge in [0.25, 0.3) is 0 Å². The van der Waals surface area contributed by atoms with Gasteiger partial charge < -0.3 is 10.3 Å². The Hall–Kier alpha value is -1.13. The number of hydrogen-bond acceptors (Lipinski definition) is 2. The lowest BCUT2D eigenvalue weighted by molar-refractivity contribution is 0.403. The standard InChI is InChI=1S/C14H16BrN3/c15-11-6-4-10(5-7-11)8-14-17-9-12-2-1-3-13(16)18(12)14/h4-7,9,13H,1-3,8,16H2. The molecule has 0 radical (unpaired) electrons. The predicted molar refractivity (Wildman–Crippen MR) is 75.3 cm³/mol. The van der Waals surface area contributed by atoms with Crippen LogP contribution in [0.2, 0.25) is 0 Å². The van der Waals surface area contributed by atoms with Crippen molar-refractivity contribution >= 4 is 15.9 Å². The van der Waals surface area contributed by atoms with E-state index in [9.17, 15) is 0 Å². The van der Waals surface area contributed by atoms with Crippen molar-refractivity contribution in [2.75, 3.05) is 0 Å². The molecule has 0 amide bonds. The van der Waals surface area contributed by atoms with Gasteiger partial charge in [-0.1, -0.05) is 28.1 Å². The van der Waals surface area contributed by atoms with Crippen molar-refractivity contribution in [2.24, 2.45) is 5.73 Å². The van der Waals surface area contributed by atoms with Crippen molar-refractivity contribution in [3.63, 3.8) is 0 Å². The number of rotatable bonds is 2. The molecule has 0 saturated carbocycles. The molecule has 0 spiro atoms. The fourth-order valence-electron chi connectivity index (χ4n) is 2.57. The molecule has 94 valence electrons. The van der Waals surface area contributed by atoms with Crippen LogP contribution >= 0.6 is 15.9 Å². The van der Waals surface area contributed by atoms with E-state index in [0.717, 1.165) is 29.6 Å². The number of nitrogens with two attached hydrogens (primary N) is 1. The maximum Gasteiger partial charge on any atom is 0.114 e. The topological polar surface area (TPSA) is 43.8 Å². The minimum absolute atomic E-state index is 0.0988. The summed E-state index contributed by atoms with van der Waals surface area (Å²) in [5.74, 6) is 1.08. The number of hydrogen-bond donors (Lipinski definition) is 1. The Morgan fingerprint density at radius 3 is 2.89 bits per heavy atom. The molecule has 2 aromatic rings. The first kappa shape index (κ1) is 11.9. The third kappa shape index (κ3) is 2.22. The maximum absolute atomic E-state index is 6.18. The van der Waals surface area contributed by atoms with Crippen molar-refractivity contribution in [1.82, 2.24) is 9.55 Å². The molecule has 1 unspecified atom stereocenters. The van der Waals surface area contributed by atoms with Crippen LogP contribution in [0.5, 0.6) is 0 Å². The van der Waals surface area contributed by atoms with E-state index in [0.29, 0.717) is 0 Å². The average molecular weight is 306 g/mol. The highest BCUT2D eigenvalue weighted by Crippen LogP contribution is 2.24. The van der Waals surface area contributed by atoms with Gasteiger partial charge in [-0.2, -0.15) is 0 Å². The quantitative estimate of drug-likeness (QED) is 0.927. The molecule has 2 N–H and O–H groups in total. The fraction of sp³-hybridized carbons (Fsp3) is 0.357. The molecular weight excluding hydrogens is 290 g/mol. The minimum atomic E-state index is 0.0988. The smallest absolute Gasteiger partial charge is 0.114 e. The summed E-state index contributed by atoms with van der Waals surface area (Å²) >= 11 is 3.45. The number of imidazole rings is 1. The van der Waals surface area contributed by atoms with E-state index >= 15 is 0 Å². The minimum Gasteiger partial charge on any atom is -0.316 e. The molecule has 0 aliphatic carbocycles. The first-order chi connectivity index (χ1) is 8.74. The molecule has 0 saturated heterocycles. The van der Waals surface area contributed by atoms with E-state index in [1.54, 1.807) is 0 Å². The lowest BCUT2D eigenvalue weighted by atomic mass is 10.1. The highest BCUT2D eigenvalue weighted by atomic mass is 79.9. The number of benzene rings is 1. The molecule has 3 rings (SSSR count). The number of halogens is 1. The Labute approximate surface area is 115 Å². The van der Waals surface area contributed by atoms with Gasteiger partial charge in [-0.05, 0) is 37.0 Å². The van der Waals surface area contributed by atoms with Gasteiger partial charge in [-0.15, -0.1) is 0 Å². The molecule has 1 aliphatic rings. The lowest BCUT2D eigenvalue weighted by Crippen LogP contribution is -2.26. The Balaban J connectivity index is 1.89. The molecule has 2 heterocycles. The largest absolute Gasteiger partial charge is 0.316 e. The summed E-state index contributed by atoms with van der Waals surface area (Å²) in [7, 11) is 0. The van der Waals surface area contributed by atoms with Gasteiger partial charge in [0, 0.05) is 22.8 Å². The van der Waals surface area contributed by atoms with Gasteiger partial charge in [0.1, 0.15) is 5.82 Å². The second-order valence-corrected chi connectivity index (χ2v) is 5.71. The summed E-state index contributed by atoms with van der Waals surface area (Å²) in [6, 6.07) is 8.38. The van der Waals surface area contributed by atoms with Crippen LogP contribution in [0, 0.1) is 0 Å². The van der Waals surface area contributed by atoms with Gasteiger partial charge in [-0.3, -0.25) is 0 Å². The Morgan fingerprint density at radius 2 is 2.11 bits per heavy atom. The lowest BCUT2D eigenvalue weighted by Gasteiger charge is -2.23. The molecule has 1 aromatic carbocycles. The van der Waals surface area contributed by atoms with Crippen molar-refractivity contribution in [3.05, 3.63) is 52.0 Å². The van der Waals surface area contributed by atoms with Crippen molar-refractivity contribution in [2.45, 2.75) is 31.8 Å². The normalized spacial score (nSPS) is 18.7. The highest BCUT2D eigenvalue weighted by Gasteiger charge is 2.19. The molecule has 1 aromatic heterocycles. The molecule has 3 nitrogen and oxygen atoms in total. The van der Waals surface area contributed by atoms with Crippen LogP contribution in [0.3, 0.4) is 0 Å². The first-order valence-corrected chi connectivity index (χ1v) is 7.08. The van der Waals surface area contributed by atoms with Gasteiger partial charge in [0.05, 0.1) is 6.17 Å². The zero-order chi connectivity index (χ0) is 12.5. The summed E-state index contributed by atoms with van der Waals surface area (Å²) < 4.78 is 3.32. The van der Waals surface area contributed by atoms with Crippen molar-refractivity contribution in [3.8, 4) is 0 Å². The van der Waals surface area contributed by atoms with Gasteiger partial charge >= 0.3 is 0 Å². The highest BCUT2D eigenvalue weighted by molar-refractivity contribution is 9.10. The van der Waals surface area contributed by atoms with Crippen molar-refractivity contribution < 1.29 is 0 Å². The SMILES string of the molecule is NC1CCCc2cnc(Cc3ccc(Br)cc3)n21. The van der Waals surface area contributed by atoms with E-state index < -0.39 is 0 Å². The molecule has 18 heavy (non-hydrogen) atoms. The molecular formula is C14H16BrN3. The third-order valence-electron chi connectivity index (χ3n) is 3.49. The number of aryl methyl sites for hydroxylation is 1. The van der Waals surface area contributed by atoms with E-state index in [4.69, 9.17) is 5.73 Å². The number of nitrogens with zero attached hydrogens (tertiary/aromatic N) is 2. The zero-order valence-corrected chi connectivity index (χ0v) is 11.7. The molecule has 1 atom stereocenters. The van der Waals surface area contributed by atoms with Gasteiger partial charge in [-0.25, -0.2) is 4.98 Å². The maximum atomic E-state index is 6.18. The molecule has 0 fully saturated rings. The molecule has 0 bridgehead atoms. The van der Waals surface area contributed by atoms with Crippen molar-refractivity contribution in [1.29, 1.82) is 0 Å². The second-order valence-electron chi connectivity index (χ2n) is 4.80. The number of aromatic nitrogens is 2. The summed E-state index contributed by atoms with van der Waals surface area (Å²) in [6.45, 7) is 0. The van der Waals surface area contributed by atoms with Gasteiger partial charge in [0.15, 0.2) is 0 Å². The monoisotopic (exact) mass is 305 g/mol. The van der Waals surface area contributed by atoms with E-state index in [2.05, 4.69) is 49.7 Å². The van der Waals surface area contributed by atoms with Crippen LogP contribution in [-0.2, 0) is 12.8 Å². The summed E-state index contributed by atoms with van der Waals surface area (Å²) in [6.07, 6.45) is 6.25. The van der Waals surface area contributed by atoms with E-state index in [1.807, 2.05) is 6.20 Å².